The Morgan fingerprint density at radius 3 is 2.61 bits per heavy atom. The average molecular weight is 339 g/mol. The van der Waals surface area contributed by atoms with Crippen molar-refractivity contribution >= 4 is 39.0 Å². The van der Waals surface area contributed by atoms with E-state index < -0.39 is 17.5 Å². The fraction of sp³-hybridized carbons (Fsp3) is 0. The second-order valence-electron chi connectivity index (χ2n) is 3.18. The Kier molecular flexibility index (Phi) is 3.72. The summed E-state index contributed by atoms with van der Waals surface area (Å²) in [5, 5.41) is 2.42. The number of aromatic nitrogens is 2. The number of hydrogen-bond acceptors (Lipinski definition) is 3. The molecule has 0 fully saturated rings. The van der Waals surface area contributed by atoms with Gasteiger partial charge in [-0.15, -0.1) is 0 Å². The van der Waals surface area contributed by atoms with E-state index in [1.165, 1.54) is 6.20 Å². The molecule has 0 saturated heterocycles. The zero-order valence-electron chi connectivity index (χ0n) is 8.52. The molecule has 1 heterocycles. The van der Waals surface area contributed by atoms with E-state index in [0.717, 1.165) is 12.1 Å². The van der Waals surface area contributed by atoms with Crippen LogP contribution in [0.1, 0.15) is 0 Å². The Bertz CT molecular complexity index is 609. The third-order valence-corrected chi connectivity index (χ3v) is 2.77. The zero-order valence-corrected chi connectivity index (χ0v) is 10.9. The largest absolute Gasteiger partial charge is 0.337 e. The van der Waals surface area contributed by atoms with Crippen molar-refractivity contribution in [3.63, 3.8) is 0 Å². The summed E-state index contributed by atoms with van der Waals surface area (Å²) in [4.78, 5) is 7.45. The number of nitrogens with one attached hydrogen (secondary N) is 1. The van der Waals surface area contributed by atoms with Gasteiger partial charge in [0.25, 0.3) is 0 Å². The summed E-state index contributed by atoms with van der Waals surface area (Å²) < 4.78 is 39.6. The van der Waals surface area contributed by atoms with Gasteiger partial charge in [0.05, 0.1) is 10.2 Å². The number of anilines is 2. The minimum atomic E-state index is -1.56. The summed E-state index contributed by atoms with van der Waals surface area (Å²) >= 11 is 8.68. The highest BCUT2D eigenvalue weighted by molar-refractivity contribution is 9.10. The molecule has 8 heteroatoms. The van der Waals surface area contributed by atoms with Crippen LogP contribution in [-0.2, 0) is 0 Å². The van der Waals surface area contributed by atoms with E-state index in [1.54, 1.807) is 0 Å². The van der Waals surface area contributed by atoms with Crippen LogP contribution in [0.5, 0.6) is 0 Å². The quantitative estimate of drug-likeness (QED) is 0.663. The Balaban J connectivity index is 2.40. The molecule has 0 bridgehead atoms. The molecular formula is C10H4BrClF3N3. The Morgan fingerprint density at radius 1 is 1.17 bits per heavy atom. The van der Waals surface area contributed by atoms with Gasteiger partial charge in [-0.05, 0) is 39.7 Å². The van der Waals surface area contributed by atoms with Gasteiger partial charge in [-0.2, -0.15) is 4.98 Å². The standard InChI is InChI=1S/C10H4BrClF3N3/c11-4-3-16-10(12)18-9(4)17-6-2-1-5(13)7(14)8(6)15/h1-3H,(H,16,17,18). The number of rotatable bonds is 2. The van der Waals surface area contributed by atoms with Crippen LogP contribution in [0.25, 0.3) is 0 Å². The first-order chi connectivity index (χ1) is 8.49. The van der Waals surface area contributed by atoms with Gasteiger partial charge in [0.15, 0.2) is 17.5 Å². The molecule has 2 rings (SSSR count). The normalized spacial score (nSPS) is 10.5. The van der Waals surface area contributed by atoms with Crippen LogP contribution in [-0.4, -0.2) is 9.97 Å². The third-order valence-electron chi connectivity index (χ3n) is 2.00. The Labute approximate surface area is 113 Å². The van der Waals surface area contributed by atoms with Crippen molar-refractivity contribution in [2.75, 3.05) is 5.32 Å². The summed E-state index contributed by atoms with van der Waals surface area (Å²) in [6.45, 7) is 0. The van der Waals surface area contributed by atoms with Crippen LogP contribution in [0, 0.1) is 17.5 Å². The van der Waals surface area contributed by atoms with E-state index >= 15 is 0 Å². The molecule has 0 spiro atoms. The zero-order chi connectivity index (χ0) is 13.3. The fourth-order valence-electron chi connectivity index (χ4n) is 1.18. The molecule has 18 heavy (non-hydrogen) atoms. The highest BCUT2D eigenvalue weighted by atomic mass is 79.9. The maximum atomic E-state index is 13.4. The second-order valence-corrected chi connectivity index (χ2v) is 4.38. The third kappa shape index (κ3) is 2.56. The van der Waals surface area contributed by atoms with Crippen molar-refractivity contribution in [1.82, 2.24) is 9.97 Å². The minimum Gasteiger partial charge on any atom is -0.337 e. The van der Waals surface area contributed by atoms with Gasteiger partial charge in [-0.25, -0.2) is 18.2 Å². The van der Waals surface area contributed by atoms with Crippen LogP contribution in [0.4, 0.5) is 24.7 Å². The molecule has 0 aliphatic heterocycles. The Hall–Kier alpha value is -1.34. The van der Waals surface area contributed by atoms with E-state index in [0.29, 0.717) is 4.47 Å². The van der Waals surface area contributed by atoms with E-state index in [4.69, 9.17) is 11.6 Å². The molecule has 3 nitrogen and oxygen atoms in total. The van der Waals surface area contributed by atoms with Gasteiger partial charge in [0.1, 0.15) is 5.82 Å². The first-order valence-corrected chi connectivity index (χ1v) is 5.74. The molecule has 1 N–H and O–H groups in total. The first kappa shape index (κ1) is 13.1. The lowest BCUT2D eigenvalue weighted by Crippen LogP contribution is -2.01. The van der Waals surface area contributed by atoms with E-state index in [-0.39, 0.29) is 16.8 Å². The number of hydrogen-bond donors (Lipinski definition) is 1. The molecule has 1 aromatic heterocycles. The van der Waals surface area contributed by atoms with Gasteiger partial charge >= 0.3 is 0 Å². The smallest absolute Gasteiger partial charge is 0.224 e. The predicted molar refractivity (Wildman–Crippen MR) is 64.3 cm³/mol. The lowest BCUT2D eigenvalue weighted by Gasteiger charge is -2.09. The van der Waals surface area contributed by atoms with Crippen molar-refractivity contribution in [1.29, 1.82) is 0 Å². The summed E-state index contributed by atoms with van der Waals surface area (Å²) in [5.74, 6) is -4.02. The molecule has 0 aliphatic rings. The van der Waals surface area contributed by atoms with Crippen molar-refractivity contribution < 1.29 is 13.2 Å². The highest BCUT2D eigenvalue weighted by Gasteiger charge is 2.14. The lowest BCUT2D eigenvalue weighted by molar-refractivity contribution is 0.449. The molecule has 0 aliphatic carbocycles. The topological polar surface area (TPSA) is 37.8 Å². The monoisotopic (exact) mass is 337 g/mol. The molecule has 94 valence electrons. The lowest BCUT2D eigenvalue weighted by atomic mass is 10.3. The molecule has 0 atom stereocenters. The van der Waals surface area contributed by atoms with Crippen LogP contribution >= 0.6 is 27.5 Å². The molecule has 0 unspecified atom stereocenters. The Morgan fingerprint density at radius 2 is 1.89 bits per heavy atom. The van der Waals surface area contributed by atoms with Crippen LogP contribution in [0.15, 0.2) is 22.8 Å². The summed E-state index contributed by atoms with van der Waals surface area (Å²) in [6.07, 6.45) is 1.34. The van der Waals surface area contributed by atoms with Crippen LogP contribution in [0.3, 0.4) is 0 Å². The SMILES string of the molecule is Fc1ccc(Nc2nc(Cl)ncc2Br)c(F)c1F. The van der Waals surface area contributed by atoms with Gasteiger partial charge in [0.2, 0.25) is 5.28 Å². The van der Waals surface area contributed by atoms with E-state index in [9.17, 15) is 13.2 Å². The van der Waals surface area contributed by atoms with E-state index in [1.807, 2.05) is 0 Å². The summed E-state index contributed by atoms with van der Waals surface area (Å²) in [5.41, 5.74) is -0.260. The van der Waals surface area contributed by atoms with Gasteiger partial charge in [-0.3, -0.25) is 0 Å². The van der Waals surface area contributed by atoms with Crippen molar-refractivity contribution in [2.45, 2.75) is 0 Å². The highest BCUT2D eigenvalue weighted by Crippen LogP contribution is 2.27. The maximum absolute atomic E-state index is 13.4. The second kappa shape index (κ2) is 5.11. The van der Waals surface area contributed by atoms with Crippen LogP contribution < -0.4 is 5.32 Å². The van der Waals surface area contributed by atoms with Crippen LogP contribution in [0.2, 0.25) is 5.28 Å². The average Bonchev–Trinajstić information content (AvgIpc) is 2.34. The minimum absolute atomic E-state index is 0.0660. The molecule has 0 amide bonds. The predicted octanol–water partition coefficient (Wildman–Crippen LogP) is 4.05. The molecule has 0 radical (unpaired) electrons. The van der Waals surface area contributed by atoms with Gasteiger partial charge < -0.3 is 5.32 Å². The maximum Gasteiger partial charge on any atom is 0.224 e. The first-order valence-electron chi connectivity index (χ1n) is 4.57. The summed E-state index contributed by atoms with van der Waals surface area (Å²) in [7, 11) is 0. The van der Waals surface area contributed by atoms with Crippen molar-refractivity contribution in [3.8, 4) is 0 Å². The van der Waals surface area contributed by atoms with E-state index in [2.05, 4.69) is 31.2 Å². The molecule has 1 aromatic carbocycles. The summed E-state index contributed by atoms with van der Waals surface area (Å²) in [6, 6.07) is 1.85. The fourth-order valence-corrected chi connectivity index (χ4v) is 1.61. The number of nitrogens with zero attached hydrogens (tertiary/aromatic N) is 2. The molecule has 0 saturated carbocycles. The molecular weight excluding hydrogens is 334 g/mol. The molecule has 2 aromatic rings. The van der Waals surface area contributed by atoms with Crippen molar-refractivity contribution in [3.05, 3.63) is 45.5 Å². The van der Waals surface area contributed by atoms with Crippen molar-refractivity contribution in [2.24, 2.45) is 0 Å². The van der Waals surface area contributed by atoms with Gasteiger partial charge in [0, 0.05) is 6.20 Å². The number of benzene rings is 1. The van der Waals surface area contributed by atoms with Gasteiger partial charge in [-0.1, -0.05) is 0 Å². The number of halogens is 5.